The number of ether oxygens (including phenoxy) is 1. The number of anilines is 1. The molecule has 7 nitrogen and oxygen atoms in total. The average molecular weight is 432 g/mol. The Labute approximate surface area is 161 Å². The van der Waals surface area contributed by atoms with E-state index in [4.69, 9.17) is 9.15 Å². The molecule has 0 bridgehead atoms. The molecule has 138 valence electrons. The fourth-order valence-corrected chi connectivity index (χ4v) is 2.89. The van der Waals surface area contributed by atoms with Crippen LogP contribution in [0.15, 0.2) is 56.1 Å². The minimum absolute atomic E-state index is 0.0410. The molecular weight excluding hydrogens is 418 g/mol. The molecule has 0 aliphatic heterocycles. The first-order valence-corrected chi connectivity index (χ1v) is 8.63. The Bertz CT molecular complexity index is 1110. The second kappa shape index (κ2) is 7.63. The first-order chi connectivity index (χ1) is 12.8. The summed E-state index contributed by atoms with van der Waals surface area (Å²) in [6, 6.07) is 10.8. The number of hydrogen-bond donors (Lipinski definition) is 2. The molecule has 1 heterocycles. The molecule has 3 aromatic rings. The Hall–Kier alpha value is -3.13. The van der Waals surface area contributed by atoms with E-state index in [2.05, 4.69) is 21.2 Å². The number of benzene rings is 2. The summed E-state index contributed by atoms with van der Waals surface area (Å²) in [4.78, 5) is 34.9. The van der Waals surface area contributed by atoms with Crippen molar-refractivity contribution in [1.82, 2.24) is 0 Å². The van der Waals surface area contributed by atoms with E-state index in [1.54, 1.807) is 25.1 Å². The van der Waals surface area contributed by atoms with Gasteiger partial charge >= 0.3 is 11.6 Å². The van der Waals surface area contributed by atoms with E-state index in [0.29, 0.717) is 15.8 Å². The molecule has 27 heavy (non-hydrogen) atoms. The number of halogens is 1. The third-order valence-electron chi connectivity index (χ3n) is 3.78. The second-order valence-electron chi connectivity index (χ2n) is 5.74. The van der Waals surface area contributed by atoms with Gasteiger partial charge in [0.1, 0.15) is 11.3 Å². The van der Waals surface area contributed by atoms with Crippen LogP contribution in [0, 0.1) is 6.92 Å². The summed E-state index contributed by atoms with van der Waals surface area (Å²) in [7, 11) is 0. The first-order valence-electron chi connectivity index (χ1n) is 7.83. The number of fused-ring (bicyclic) bond motifs is 1. The summed E-state index contributed by atoms with van der Waals surface area (Å²) in [6.45, 7) is 1.46. The van der Waals surface area contributed by atoms with Crippen molar-refractivity contribution < 1.29 is 23.8 Å². The summed E-state index contributed by atoms with van der Waals surface area (Å²) in [5.41, 5.74) is 0.799. The van der Waals surface area contributed by atoms with Gasteiger partial charge in [0.05, 0.1) is 11.3 Å². The van der Waals surface area contributed by atoms with Gasteiger partial charge in [-0.15, -0.1) is 0 Å². The Morgan fingerprint density at radius 3 is 2.70 bits per heavy atom. The van der Waals surface area contributed by atoms with Crippen molar-refractivity contribution in [2.45, 2.75) is 6.92 Å². The van der Waals surface area contributed by atoms with E-state index in [-0.39, 0.29) is 17.9 Å². The summed E-state index contributed by atoms with van der Waals surface area (Å²) in [6.07, 6.45) is 0. The summed E-state index contributed by atoms with van der Waals surface area (Å²) >= 11 is 3.19. The van der Waals surface area contributed by atoms with Crippen LogP contribution in [0.5, 0.6) is 5.75 Å². The van der Waals surface area contributed by atoms with Crippen LogP contribution < -0.4 is 15.7 Å². The van der Waals surface area contributed by atoms with Gasteiger partial charge in [-0.25, -0.2) is 9.59 Å². The number of rotatable bonds is 5. The number of carboxylic acid groups (broad SMARTS) is 1. The van der Waals surface area contributed by atoms with Crippen molar-refractivity contribution >= 4 is 44.5 Å². The Morgan fingerprint density at radius 2 is 1.96 bits per heavy atom. The van der Waals surface area contributed by atoms with Gasteiger partial charge in [-0.05, 0) is 42.8 Å². The molecule has 1 amide bonds. The van der Waals surface area contributed by atoms with E-state index >= 15 is 0 Å². The molecule has 0 spiro atoms. The quantitative estimate of drug-likeness (QED) is 0.598. The number of nitrogens with one attached hydrogen (secondary N) is 1. The number of carbonyl (C=O) groups excluding carboxylic acids is 1. The van der Waals surface area contributed by atoms with Gasteiger partial charge in [0, 0.05) is 22.0 Å². The van der Waals surface area contributed by atoms with Crippen LogP contribution in [-0.2, 0) is 4.79 Å². The molecule has 0 unspecified atom stereocenters. The lowest BCUT2D eigenvalue weighted by atomic mass is 10.1. The fraction of sp³-hybridized carbons (Fsp3) is 0.105. The molecule has 0 atom stereocenters. The topological polar surface area (TPSA) is 106 Å². The highest BCUT2D eigenvalue weighted by molar-refractivity contribution is 9.10. The van der Waals surface area contributed by atoms with Crippen LogP contribution in [0.25, 0.3) is 11.0 Å². The van der Waals surface area contributed by atoms with Gasteiger partial charge < -0.3 is 19.6 Å². The molecule has 0 aliphatic carbocycles. The summed E-state index contributed by atoms with van der Waals surface area (Å²) < 4.78 is 11.1. The largest absolute Gasteiger partial charge is 0.484 e. The molecule has 8 heteroatoms. The van der Waals surface area contributed by atoms with Crippen molar-refractivity contribution in [2.24, 2.45) is 0 Å². The van der Waals surface area contributed by atoms with Gasteiger partial charge in [-0.2, -0.15) is 0 Å². The zero-order valence-electron chi connectivity index (χ0n) is 14.1. The molecule has 0 radical (unpaired) electrons. The van der Waals surface area contributed by atoms with Crippen molar-refractivity contribution in [3.8, 4) is 5.75 Å². The molecule has 1 aromatic heterocycles. The van der Waals surface area contributed by atoms with Crippen molar-refractivity contribution in [2.75, 3.05) is 11.9 Å². The van der Waals surface area contributed by atoms with E-state index in [0.717, 1.165) is 10.9 Å². The van der Waals surface area contributed by atoms with E-state index in [1.165, 1.54) is 24.3 Å². The van der Waals surface area contributed by atoms with E-state index in [1.807, 2.05) is 0 Å². The maximum Gasteiger partial charge on any atom is 0.337 e. The van der Waals surface area contributed by atoms with Gasteiger partial charge in [0.25, 0.3) is 5.91 Å². The first kappa shape index (κ1) is 18.7. The molecule has 2 N–H and O–H groups in total. The average Bonchev–Trinajstić information content (AvgIpc) is 2.60. The third kappa shape index (κ3) is 4.35. The lowest BCUT2D eigenvalue weighted by Crippen LogP contribution is -2.21. The van der Waals surface area contributed by atoms with Crippen LogP contribution in [0.2, 0.25) is 0 Å². The fourth-order valence-electron chi connectivity index (χ4n) is 2.53. The van der Waals surface area contributed by atoms with E-state index < -0.39 is 17.5 Å². The zero-order valence-corrected chi connectivity index (χ0v) is 15.7. The molecule has 0 aliphatic rings. The van der Waals surface area contributed by atoms with Gasteiger partial charge in [0.2, 0.25) is 0 Å². The standard InChI is InChI=1S/C19H14BrNO6/c1-10-6-18(23)27-16-8-12(3-4-13(10)16)26-9-17(22)21-15-5-2-11(20)7-14(15)19(24)25/h2-8H,9H2,1H3,(H,21,22)(H,24,25). The highest BCUT2D eigenvalue weighted by Crippen LogP contribution is 2.23. The van der Waals surface area contributed by atoms with Crippen LogP contribution in [0.3, 0.4) is 0 Å². The number of aryl methyl sites for hydroxylation is 1. The minimum Gasteiger partial charge on any atom is -0.484 e. The lowest BCUT2D eigenvalue weighted by Gasteiger charge is -2.10. The maximum atomic E-state index is 12.1. The Kier molecular flexibility index (Phi) is 5.27. The Balaban J connectivity index is 1.72. The monoisotopic (exact) mass is 431 g/mol. The van der Waals surface area contributed by atoms with Gasteiger partial charge in [-0.3, -0.25) is 4.79 Å². The highest BCUT2D eigenvalue weighted by atomic mass is 79.9. The van der Waals surface area contributed by atoms with Crippen LogP contribution >= 0.6 is 15.9 Å². The molecule has 2 aromatic carbocycles. The summed E-state index contributed by atoms with van der Waals surface area (Å²) in [5.74, 6) is -1.33. The summed E-state index contributed by atoms with van der Waals surface area (Å²) in [5, 5.41) is 12.5. The number of carbonyl (C=O) groups is 2. The van der Waals surface area contributed by atoms with E-state index in [9.17, 15) is 19.5 Å². The normalized spacial score (nSPS) is 10.6. The van der Waals surface area contributed by atoms with Gasteiger partial charge in [0.15, 0.2) is 6.61 Å². The Morgan fingerprint density at radius 1 is 1.19 bits per heavy atom. The SMILES string of the molecule is Cc1cc(=O)oc2cc(OCC(=O)Nc3ccc(Br)cc3C(=O)O)ccc12. The second-order valence-corrected chi connectivity index (χ2v) is 6.65. The molecule has 0 saturated heterocycles. The van der Waals surface area contributed by atoms with Crippen LogP contribution in [0.4, 0.5) is 5.69 Å². The highest BCUT2D eigenvalue weighted by Gasteiger charge is 2.14. The predicted molar refractivity (Wildman–Crippen MR) is 102 cm³/mol. The smallest absolute Gasteiger partial charge is 0.337 e. The van der Waals surface area contributed by atoms with Crippen molar-refractivity contribution in [3.63, 3.8) is 0 Å². The number of carboxylic acids is 1. The molecular formula is C19H14BrNO6. The van der Waals surface area contributed by atoms with Crippen molar-refractivity contribution in [1.29, 1.82) is 0 Å². The minimum atomic E-state index is -1.16. The van der Waals surface area contributed by atoms with Gasteiger partial charge in [-0.1, -0.05) is 15.9 Å². The number of aromatic carboxylic acids is 1. The number of hydrogen-bond acceptors (Lipinski definition) is 5. The van der Waals surface area contributed by atoms with Crippen LogP contribution in [0.1, 0.15) is 15.9 Å². The lowest BCUT2D eigenvalue weighted by molar-refractivity contribution is -0.118. The molecule has 0 saturated carbocycles. The molecule has 3 rings (SSSR count). The third-order valence-corrected chi connectivity index (χ3v) is 4.27. The number of amides is 1. The predicted octanol–water partition coefficient (Wildman–Crippen LogP) is 3.58. The maximum absolute atomic E-state index is 12.1. The van der Waals surface area contributed by atoms with Crippen molar-refractivity contribution in [3.05, 3.63) is 68.5 Å². The van der Waals surface area contributed by atoms with Crippen LogP contribution in [-0.4, -0.2) is 23.6 Å². The molecule has 0 fully saturated rings. The zero-order chi connectivity index (χ0) is 19.6.